The number of rotatable bonds is 8. The van der Waals surface area contributed by atoms with Crippen LogP contribution < -0.4 is 4.90 Å². The highest BCUT2D eigenvalue weighted by Crippen LogP contribution is 2.31. The summed E-state index contributed by atoms with van der Waals surface area (Å²) in [7, 11) is 0. The molecule has 2 N–H and O–H groups in total. The Kier molecular flexibility index (Phi) is 8.47. The smallest absolute Gasteiger partial charge is 0.339 e. The van der Waals surface area contributed by atoms with Crippen molar-refractivity contribution in [2.75, 3.05) is 4.90 Å². The molecule has 0 bridgehead atoms. The molecule has 1 heterocycles. The fraction of sp³-hybridized carbons (Fsp3) is 0.143. The molecule has 0 saturated carbocycles. The maximum absolute atomic E-state index is 13.8. The third-order valence-corrected chi connectivity index (χ3v) is 7.93. The van der Waals surface area contributed by atoms with Crippen LogP contribution in [0.3, 0.4) is 0 Å². The van der Waals surface area contributed by atoms with E-state index in [0.717, 1.165) is 33.2 Å². The highest BCUT2D eigenvalue weighted by atomic mass is 32.1. The normalized spacial score (nSPS) is 10.7. The van der Waals surface area contributed by atoms with Gasteiger partial charge in [0.1, 0.15) is 11.3 Å². The number of anilines is 1. The number of aryl methyl sites for hydroxylation is 1. The van der Waals surface area contributed by atoms with Crippen LogP contribution in [0.1, 0.15) is 62.0 Å². The lowest BCUT2D eigenvalue weighted by atomic mass is 10.1. The van der Waals surface area contributed by atoms with E-state index >= 15 is 0 Å². The van der Waals surface area contributed by atoms with E-state index in [4.69, 9.17) is 0 Å². The van der Waals surface area contributed by atoms with E-state index in [2.05, 4.69) is 30.9 Å². The molecule has 0 spiro atoms. The molecular formula is C35H29NO4S. The first kappa shape index (κ1) is 27.7. The largest absolute Gasteiger partial charge is 0.507 e. The highest BCUT2D eigenvalue weighted by Gasteiger charge is 2.22. The van der Waals surface area contributed by atoms with Gasteiger partial charge in [-0.3, -0.25) is 4.79 Å². The zero-order valence-electron chi connectivity index (χ0n) is 22.6. The predicted molar refractivity (Wildman–Crippen MR) is 165 cm³/mol. The molecule has 1 aromatic heterocycles. The number of aromatic carboxylic acids is 1. The van der Waals surface area contributed by atoms with Crippen LogP contribution in [-0.2, 0) is 13.0 Å². The van der Waals surface area contributed by atoms with Crippen LogP contribution in [-0.4, -0.2) is 22.1 Å². The summed E-state index contributed by atoms with van der Waals surface area (Å²) in [5.41, 5.74) is 4.10. The lowest BCUT2D eigenvalue weighted by Crippen LogP contribution is -2.30. The molecule has 0 radical (unpaired) electrons. The number of unbranched alkanes of at least 4 members (excludes halogenated alkanes) is 1. The van der Waals surface area contributed by atoms with E-state index in [1.54, 1.807) is 6.07 Å². The van der Waals surface area contributed by atoms with Crippen molar-refractivity contribution in [1.29, 1.82) is 0 Å². The summed E-state index contributed by atoms with van der Waals surface area (Å²) < 4.78 is 0.992. The fourth-order valence-electron chi connectivity index (χ4n) is 4.52. The van der Waals surface area contributed by atoms with Gasteiger partial charge in [0.25, 0.3) is 5.91 Å². The molecule has 6 heteroatoms. The molecule has 0 aliphatic rings. The zero-order valence-corrected chi connectivity index (χ0v) is 23.4. The number of hydrogen-bond acceptors (Lipinski definition) is 4. The third kappa shape index (κ3) is 6.66. The fourth-order valence-corrected chi connectivity index (χ4v) is 5.53. The molecule has 4 aromatic carbocycles. The highest BCUT2D eigenvalue weighted by molar-refractivity contribution is 7.20. The van der Waals surface area contributed by atoms with Crippen LogP contribution in [0.5, 0.6) is 5.75 Å². The number of nitrogens with zero attached hydrogens (tertiary/aromatic N) is 1. The van der Waals surface area contributed by atoms with E-state index in [-0.39, 0.29) is 23.8 Å². The van der Waals surface area contributed by atoms with Crippen LogP contribution in [0.25, 0.3) is 10.1 Å². The van der Waals surface area contributed by atoms with Gasteiger partial charge in [0.2, 0.25) is 0 Å². The van der Waals surface area contributed by atoms with Gasteiger partial charge in [-0.1, -0.05) is 67.6 Å². The summed E-state index contributed by atoms with van der Waals surface area (Å²) >= 11 is 1.39. The van der Waals surface area contributed by atoms with Crippen molar-refractivity contribution in [3.8, 4) is 17.6 Å². The SMILES string of the molecule is CCCCc1ccc(C#Cc2ccc(CN(C(=O)c3cc4ccccc4s3)c3ccc(O)c(C(=O)O)c3)cc2)cc1. The van der Waals surface area contributed by atoms with Crippen LogP contribution >= 0.6 is 11.3 Å². The Morgan fingerprint density at radius 3 is 2.12 bits per heavy atom. The van der Waals surface area contributed by atoms with Crippen LogP contribution in [0.15, 0.2) is 97.1 Å². The Bertz CT molecular complexity index is 1730. The number of fused-ring (bicyclic) bond motifs is 1. The van der Waals surface area contributed by atoms with Crippen molar-refractivity contribution in [3.63, 3.8) is 0 Å². The second-order valence-corrected chi connectivity index (χ2v) is 10.9. The van der Waals surface area contributed by atoms with Crippen molar-refractivity contribution in [2.45, 2.75) is 32.7 Å². The van der Waals surface area contributed by atoms with Gasteiger partial charge in [0, 0.05) is 21.5 Å². The number of aromatic hydroxyl groups is 1. The lowest BCUT2D eigenvalue weighted by molar-refractivity contribution is 0.0693. The van der Waals surface area contributed by atoms with Gasteiger partial charge in [0.05, 0.1) is 11.4 Å². The first-order chi connectivity index (χ1) is 19.9. The molecule has 1 amide bonds. The molecule has 204 valence electrons. The van der Waals surface area contributed by atoms with Crippen molar-refractivity contribution >= 4 is 39.0 Å². The monoisotopic (exact) mass is 559 g/mol. The molecule has 0 fully saturated rings. The minimum atomic E-state index is -1.27. The summed E-state index contributed by atoms with van der Waals surface area (Å²) in [6.45, 7) is 2.40. The minimum Gasteiger partial charge on any atom is -0.507 e. The zero-order chi connectivity index (χ0) is 28.8. The van der Waals surface area contributed by atoms with Gasteiger partial charge < -0.3 is 15.1 Å². The van der Waals surface area contributed by atoms with Crippen molar-refractivity contribution in [1.82, 2.24) is 0 Å². The van der Waals surface area contributed by atoms with Gasteiger partial charge in [-0.15, -0.1) is 11.3 Å². The number of amides is 1. The number of thiophene rings is 1. The topological polar surface area (TPSA) is 77.8 Å². The average molecular weight is 560 g/mol. The van der Waals surface area contributed by atoms with E-state index < -0.39 is 5.97 Å². The Morgan fingerprint density at radius 2 is 1.49 bits per heavy atom. The first-order valence-corrected chi connectivity index (χ1v) is 14.3. The van der Waals surface area contributed by atoms with Gasteiger partial charge in [-0.25, -0.2) is 4.79 Å². The molecule has 41 heavy (non-hydrogen) atoms. The molecule has 0 atom stereocenters. The second kappa shape index (κ2) is 12.5. The standard InChI is InChI=1S/C35H29NO4S/c1-2-3-6-24-9-11-25(12-10-24)13-14-26-15-17-27(18-16-26)23-36(29-19-20-31(37)30(22-29)35(39)40)34(38)33-21-28-7-4-5-8-32(28)41-33/h4-5,7-12,15-22,37H,2-3,6,23H2,1H3,(H,39,40). The third-order valence-electron chi connectivity index (χ3n) is 6.82. The molecule has 5 nitrogen and oxygen atoms in total. The van der Waals surface area contributed by atoms with Gasteiger partial charge >= 0.3 is 5.97 Å². The number of benzene rings is 4. The molecule has 0 saturated heterocycles. The van der Waals surface area contributed by atoms with Crippen LogP contribution in [0.2, 0.25) is 0 Å². The quantitative estimate of drug-likeness (QED) is 0.190. The Labute approximate surface area is 243 Å². The molecule has 5 aromatic rings. The van der Waals surface area contributed by atoms with Gasteiger partial charge in [-0.2, -0.15) is 0 Å². The Balaban J connectivity index is 1.40. The van der Waals surface area contributed by atoms with Crippen molar-refractivity contribution < 1.29 is 19.8 Å². The summed E-state index contributed by atoms with van der Waals surface area (Å²) in [5, 5.41) is 20.6. The lowest BCUT2D eigenvalue weighted by Gasteiger charge is -2.23. The Hall–Kier alpha value is -4.86. The van der Waals surface area contributed by atoms with Crippen molar-refractivity contribution in [3.05, 3.63) is 130 Å². The van der Waals surface area contributed by atoms with Crippen LogP contribution in [0, 0.1) is 11.8 Å². The van der Waals surface area contributed by atoms with E-state index in [9.17, 15) is 19.8 Å². The number of hydrogen-bond donors (Lipinski definition) is 2. The summed E-state index contributed by atoms with van der Waals surface area (Å²) in [5.74, 6) is 4.55. The first-order valence-electron chi connectivity index (χ1n) is 13.5. The van der Waals surface area contributed by atoms with E-state index in [1.807, 2.05) is 66.7 Å². The second-order valence-electron chi connectivity index (χ2n) is 9.79. The van der Waals surface area contributed by atoms with Crippen LogP contribution in [0.4, 0.5) is 5.69 Å². The van der Waals surface area contributed by atoms with Gasteiger partial charge in [0.15, 0.2) is 0 Å². The van der Waals surface area contributed by atoms with Crippen molar-refractivity contribution in [2.24, 2.45) is 0 Å². The number of carboxylic acid groups (broad SMARTS) is 1. The summed E-state index contributed by atoms with van der Waals surface area (Å²) in [6, 6.07) is 29.8. The van der Waals surface area contributed by atoms with Gasteiger partial charge in [-0.05, 0) is 84.0 Å². The molecule has 0 aliphatic carbocycles. The molecular weight excluding hydrogens is 530 g/mol. The van der Waals surface area contributed by atoms with E-state index in [0.29, 0.717) is 10.6 Å². The average Bonchev–Trinajstić information content (AvgIpc) is 3.43. The maximum Gasteiger partial charge on any atom is 0.339 e. The van der Waals surface area contributed by atoms with E-state index in [1.165, 1.54) is 46.8 Å². The molecule has 5 rings (SSSR count). The number of carbonyl (C=O) groups excluding carboxylic acids is 1. The number of carboxylic acids is 1. The minimum absolute atomic E-state index is 0.212. The number of phenols is 1. The summed E-state index contributed by atoms with van der Waals surface area (Å²) in [6.07, 6.45) is 3.43. The maximum atomic E-state index is 13.8. The molecule has 0 unspecified atom stereocenters. The Morgan fingerprint density at radius 1 is 0.829 bits per heavy atom. The summed E-state index contributed by atoms with van der Waals surface area (Å²) in [4.78, 5) is 27.6. The number of carbonyl (C=O) groups is 2. The predicted octanol–water partition coefficient (Wildman–Crippen LogP) is 7.89. The molecule has 0 aliphatic heterocycles.